The van der Waals surface area contributed by atoms with Crippen LogP contribution in [0.15, 0.2) is 33.5 Å². The van der Waals surface area contributed by atoms with Gasteiger partial charge in [0.05, 0.1) is 15.0 Å². The maximum atomic E-state index is 12.7. The lowest BCUT2D eigenvalue weighted by molar-refractivity contribution is 0.0914. The number of amides is 1. The quantitative estimate of drug-likeness (QED) is 0.682. The van der Waals surface area contributed by atoms with E-state index < -0.39 is 0 Å². The summed E-state index contributed by atoms with van der Waals surface area (Å²) in [7, 11) is 0. The predicted molar refractivity (Wildman–Crippen MR) is 101 cm³/mol. The lowest BCUT2D eigenvalue weighted by Crippen LogP contribution is -2.40. The second kappa shape index (κ2) is 6.30. The zero-order chi connectivity index (χ0) is 17.6. The highest BCUT2D eigenvalue weighted by Crippen LogP contribution is 2.31. The van der Waals surface area contributed by atoms with E-state index in [-0.39, 0.29) is 17.6 Å². The third-order valence-electron chi connectivity index (χ3n) is 5.19. The first-order valence-electron chi connectivity index (χ1n) is 8.81. The van der Waals surface area contributed by atoms with Gasteiger partial charge in [-0.2, -0.15) is 0 Å². The summed E-state index contributed by atoms with van der Waals surface area (Å²) in [6.07, 6.45) is 4.59. The third-order valence-corrected chi connectivity index (χ3v) is 6.35. The molecular formula is C20H21NO3S. The van der Waals surface area contributed by atoms with E-state index in [0.717, 1.165) is 34.9 Å². The molecule has 1 aliphatic carbocycles. The summed E-state index contributed by atoms with van der Waals surface area (Å²) in [6, 6.07) is 7.64. The smallest absolute Gasteiger partial charge is 0.345 e. The summed E-state index contributed by atoms with van der Waals surface area (Å²) in [6.45, 7) is 4.20. The van der Waals surface area contributed by atoms with Gasteiger partial charge in [-0.05, 0) is 43.9 Å². The van der Waals surface area contributed by atoms with Crippen molar-refractivity contribution >= 4 is 38.3 Å². The Labute approximate surface area is 149 Å². The molecule has 130 valence electrons. The molecule has 4 nitrogen and oxygen atoms in total. The standard InChI is InChI=1S/C20H21NO3S/c1-11-7-8-16-13(9-11)18-14(20(23)24-16)10-17(25-18)19(22)21-15-6-4-3-5-12(15)2/h7-10,12,15H,3-6H2,1-2H3,(H,21,22)/t12-,15-/m0/s1. The zero-order valence-electron chi connectivity index (χ0n) is 14.4. The Bertz CT molecular complexity index is 1020. The van der Waals surface area contributed by atoms with E-state index in [1.807, 2.05) is 25.1 Å². The molecule has 1 saturated carbocycles. The van der Waals surface area contributed by atoms with Gasteiger partial charge in [-0.15, -0.1) is 11.3 Å². The van der Waals surface area contributed by atoms with E-state index in [4.69, 9.17) is 4.42 Å². The van der Waals surface area contributed by atoms with Gasteiger partial charge in [-0.1, -0.05) is 31.4 Å². The number of hydrogen-bond donors (Lipinski definition) is 1. The van der Waals surface area contributed by atoms with E-state index in [1.54, 1.807) is 6.07 Å². The van der Waals surface area contributed by atoms with Crippen LogP contribution in [0.1, 0.15) is 47.8 Å². The first-order valence-corrected chi connectivity index (χ1v) is 9.62. The van der Waals surface area contributed by atoms with Gasteiger partial charge in [0.25, 0.3) is 5.91 Å². The molecule has 1 fully saturated rings. The molecule has 2 aromatic heterocycles. The van der Waals surface area contributed by atoms with Crippen LogP contribution in [0, 0.1) is 12.8 Å². The summed E-state index contributed by atoms with van der Waals surface area (Å²) in [5.74, 6) is 0.417. The van der Waals surface area contributed by atoms with E-state index in [2.05, 4.69) is 12.2 Å². The lowest BCUT2D eigenvalue weighted by Gasteiger charge is -2.29. The SMILES string of the molecule is Cc1ccc2oc(=O)c3cc(C(=O)N[C@H]4CCCC[C@@H]4C)sc3c2c1. The topological polar surface area (TPSA) is 59.3 Å². The fourth-order valence-electron chi connectivity index (χ4n) is 3.69. The molecule has 1 N–H and O–H groups in total. The number of nitrogens with one attached hydrogen (secondary N) is 1. The lowest BCUT2D eigenvalue weighted by atomic mass is 9.86. The van der Waals surface area contributed by atoms with Crippen LogP contribution in [0.3, 0.4) is 0 Å². The predicted octanol–water partition coefficient (Wildman–Crippen LogP) is 4.62. The van der Waals surface area contributed by atoms with Crippen molar-refractivity contribution in [3.05, 3.63) is 45.1 Å². The second-order valence-corrected chi connectivity index (χ2v) is 8.14. The number of thiophene rings is 1. The number of carbonyl (C=O) groups is 1. The fourth-order valence-corrected chi connectivity index (χ4v) is 4.76. The molecule has 1 aromatic carbocycles. The molecule has 0 spiro atoms. The Morgan fingerprint density at radius 1 is 1.20 bits per heavy atom. The van der Waals surface area contributed by atoms with E-state index in [0.29, 0.717) is 21.8 Å². The van der Waals surface area contributed by atoms with Crippen LogP contribution >= 0.6 is 11.3 Å². The first kappa shape index (κ1) is 16.3. The number of rotatable bonds is 2. The Kier molecular flexibility index (Phi) is 4.12. The third kappa shape index (κ3) is 2.97. The van der Waals surface area contributed by atoms with Gasteiger partial charge < -0.3 is 9.73 Å². The van der Waals surface area contributed by atoms with Gasteiger partial charge in [0.15, 0.2) is 0 Å². The average Bonchev–Trinajstić information content (AvgIpc) is 3.04. The Balaban J connectivity index is 1.74. The summed E-state index contributed by atoms with van der Waals surface area (Å²) >= 11 is 1.38. The molecule has 2 heterocycles. The van der Waals surface area contributed by atoms with Crippen molar-refractivity contribution in [1.82, 2.24) is 5.32 Å². The van der Waals surface area contributed by atoms with Crippen LogP contribution < -0.4 is 10.9 Å². The van der Waals surface area contributed by atoms with Crippen LogP contribution in [0.2, 0.25) is 0 Å². The van der Waals surface area contributed by atoms with Crippen molar-refractivity contribution in [2.45, 2.75) is 45.6 Å². The monoisotopic (exact) mass is 355 g/mol. The Hall–Kier alpha value is -2.14. The molecule has 0 aliphatic heterocycles. The maximum Gasteiger partial charge on any atom is 0.345 e. The van der Waals surface area contributed by atoms with Crippen molar-refractivity contribution in [3.8, 4) is 0 Å². The molecule has 5 heteroatoms. The molecule has 0 radical (unpaired) electrons. The summed E-state index contributed by atoms with van der Waals surface area (Å²) in [4.78, 5) is 25.6. The van der Waals surface area contributed by atoms with Crippen molar-refractivity contribution < 1.29 is 9.21 Å². The van der Waals surface area contributed by atoms with Gasteiger partial charge in [0.2, 0.25) is 0 Å². The van der Waals surface area contributed by atoms with Crippen molar-refractivity contribution in [2.24, 2.45) is 5.92 Å². The maximum absolute atomic E-state index is 12.7. The molecule has 0 bridgehead atoms. The first-order chi connectivity index (χ1) is 12.0. The van der Waals surface area contributed by atoms with Crippen LogP contribution in [0.4, 0.5) is 0 Å². The number of fused-ring (bicyclic) bond motifs is 3. The van der Waals surface area contributed by atoms with Gasteiger partial charge in [0.1, 0.15) is 5.58 Å². The normalized spacial score (nSPS) is 20.9. The molecule has 3 aromatic rings. The highest BCUT2D eigenvalue weighted by atomic mass is 32.1. The minimum Gasteiger partial charge on any atom is -0.422 e. The number of benzene rings is 1. The molecule has 1 amide bonds. The van der Waals surface area contributed by atoms with Gasteiger partial charge in [0, 0.05) is 11.4 Å². The van der Waals surface area contributed by atoms with Crippen LogP contribution in [-0.4, -0.2) is 11.9 Å². The zero-order valence-corrected chi connectivity index (χ0v) is 15.2. The molecular weight excluding hydrogens is 334 g/mol. The number of aryl methyl sites for hydroxylation is 1. The Morgan fingerprint density at radius 2 is 2.00 bits per heavy atom. The van der Waals surface area contributed by atoms with E-state index in [1.165, 1.54) is 17.8 Å². The summed E-state index contributed by atoms with van der Waals surface area (Å²) in [5.41, 5.74) is 1.28. The van der Waals surface area contributed by atoms with Crippen molar-refractivity contribution in [1.29, 1.82) is 0 Å². The molecule has 4 rings (SSSR count). The molecule has 2 atom stereocenters. The molecule has 25 heavy (non-hydrogen) atoms. The van der Waals surface area contributed by atoms with Gasteiger partial charge in [-0.3, -0.25) is 4.79 Å². The second-order valence-electron chi connectivity index (χ2n) is 7.08. The minimum absolute atomic E-state index is 0.0832. The fraction of sp³-hybridized carbons (Fsp3) is 0.400. The summed E-state index contributed by atoms with van der Waals surface area (Å²) < 4.78 is 6.24. The largest absolute Gasteiger partial charge is 0.422 e. The van der Waals surface area contributed by atoms with E-state index >= 15 is 0 Å². The van der Waals surface area contributed by atoms with Gasteiger partial charge in [-0.25, -0.2) is 4.79 Å². The van der Waals surface area contributed by atoms with Crippen LogP contribution in [-0.2, 0) is 0 Å². The van der Waals surface area contributed by atoms with Crippen molar-refractivity contribution in [2.75, 3.05) is 0 Å². The molecule has 1 aliphatic rings. The van der Waals surface area contributed by atoms with Crippen molar-refractivity contribution in [3.63, 3.8) is 0 Å². The molecule has 0 saturated heterocycles. The van der Waals surface area contributed by atoms with Crippen LogP contribution in [0.5, 0.6) is 0 Å². The number of hydrogen-bond acceptors (Lipinski definition) is 4. The summed E-state index contributed by atoms with van der Waals surface area (Å²) in [5, 5.41) is 4.55. The number of carbonyl (C=O) groups excluding carboxylic acids is 1. The Morgan fingerprint density at radius 3 is 2.80 bits per heavy atom. The molecule has 0 unspecified atom stereocenters. The van der Waals surface area contributed by atoms with Crippen LogP contribution in [0.25, 0.3) is 21.1 Å². The van der Waals surface area contributed by atoms with E-state index in [9.17, 15) is 9.59 Å². The van der Waals surface area contributed by atoms with Gasteiger partial charge >= 0.3 is 5.63 Å². The highest BCUT2D eigenvalue weighted by Gasteiger charge is 2.24. The average molecular weight is 355 g/mol. The highest BCUT2D eigenvalue weighted by molar-refractivity contribution is 7.21. The minimum atomic E-state index is -0.382.